The Morgan fingerprint density at radius 3 is 0.429 bits per heavy atom. The summed E-state index contributed by atoms with van der Waals surface area (Å²) in [6, 6.07) is 0. The number of halogens is 3. The molecule has 0 aliphatic heterocycles. The molecule has 7 heavy (non-hydrogen) atoms. The summed E-state index contributed by atoms with van der Waals surface area (Å²) in [6.07, 6.45) is 0. The Morgan fingerprint density at radius 1 is 0.429 bits per heavy atom. The van der Waals surface area contributed by atoms with Crippen LogP contribution < -0.4 is 0 Å². The smallest absolute Gasteiger partial charge is 0 e. The van der Waals surface area contributed by atoms with E-state index in [0.717, 1.165) is 0 Å². The maximum absolute atomic E-state index is 0. The van der Waals surface area contributed by atoms with Gasteiger partial charge in [-0.05, 0) is 0 Å². The zero-order chi connectivity index (χ0) is 0. The fraction of sp³-hybridized carbons (Fsp3) is 0. The number of rotatable bonds is 0. The molecule has 0 radical (unpaired) electrons. The second kappa shape index (κ2) is 87.7. The molecular formula is H9Br3O3Zr. The first-order chi connectivity index (χ1) is 0. The van der Waals surface area contributed by atoms with Gasteiger partial charge in [-0.1, -0.05) is 0 Å². The minimum atomic E-state index is 0. The van der Waals surface area contributed by atoms with Crippen LogP contribution >= 0.6 is 50.9 Å². The molecule has 0 heterocycles. The van der Waals surface area contributed by atoms with Crippen molar-refractivity contribution in [3.8, 4) is 0 Å². The Labute approximate surface area is 92.6 Å². The summed E-state index contributed by atoms with van der Waals surface area (Å²) in [7, 11) is 0. The van der Waals surface area contributed by atoms with Crippen molar-refractivity contribution < 1.29 is 42.6 Å². The second-order valence-electron chi connectivity index (χ2n) is 0. The van der Waals surface area contributed by atoms with Gasteiger partial charge in [0.25, 0.3) is 0 Å². The van der Waals surface area contributed by atoms with Gasteiger partial charge in [-0.15, -0.1) is 50.9 Å². The van der Waals surface area contributed by atoms with E-state index in [0.29, 0.717) is 0 Å². The summed E-state index contributed by atoms with van der Waals surface area (Å²) in [5.74, 6) is 0. The first-order valence-electron chi connectivity index (χ1n) is 0. The molecular weight excluding hydrogens is 379 g/mol. The third-order valence-corrected chi connectivity index (χ3v) is 0. The van der Waals surface area contributed by atoms with Crippen molar-refractivity contribution >= 4 is 50.9 Å². The first-order valence-corrected chi connectivity index (χ1v) is 0. The molecule has 0 atom stereocenters. The maximum Gasteiger partial charge on any atom is 0 e. The number of hydrogen-bond acceptors (Lipinski definition) is 0. The Bertz CT molecular complexity index is 10.1. The molecule has 0 aromatic heterocycles. The van der Waals surface area contributed by atoms with Crippen LogP contribution in [-0.2, 0) is 26.2 Å². The molecule has 3 nitrogen and oxygen atoms in total. The number of hydrogen-bond donors (Lipinski definition) is 0. The van der Waals surface area contributed by atoms with Crippen LogP contribution in [0.3, 0.4) is 0 Å². The Kier molecular flexibility index (Phi) is 1600. The molecule has 0 aromatic carbocycles. The van der Waals surface area contributed by atoms with Gasteiger partial charge in [0, 0.05) is 26.2 Å². The average molecular weight is 388 g/mol. The summed E-state index contributed by atoms with van der Waals surface area (Å²) in [6.45, 7) is 0. The van der Waals surface area contributed by atoms with Gasteiger partial charge in [0.15, 0.2) is 0 Å². The van der Waals surface area contributed by atoms with Crippen molar-refractivity contribution in [3.63, 3.8) is 0 Å². The van der Waals surface area contributed by atoms with Crippen LogP contribution in [0.2, 0.25) is 0 Å². The molecule has 0 rings (SSSR count). The molecule has 0 aromatic rings. The first kappa shape index (κ1) is 128. The van der Waals surface area contributed by atoms with E-state index < -0.39 is 0 Å². The van der Waals surface area contributed by atoms with Crippen LogP contribution in [0.15, 0.2) is 0 Å². The van der Waals surface area contributed by atoms with Crippen molar-refractivity contribution in [1.82, 2.24) is 0 Å². The van der Waals surface area contributed by atoms with Crippen LogP contribution in [0, 0.1) is 0 Å². The van der Waals surface area contributed by atoms with Crippen LogP contribution in [0.25, 0.3) is 0 Å². The van der Waals surface area contributed by atoms with Gasteiger partial charge in [-0.25, -0.2) is 0 Å². The van der Waals surface area contributed by atoms with E-state index in [1.807, 2.05) is 0 Å². The minimum absolute atomic E-state index is 0. The van der Waals surface area contributed by atoms with E-state index in [4.69, 9.17) is 0 Å². The second-order valence-corrected chi connectivity index (χ2v) is 0. The molecule has 52 valence electrons. The van der Waals surface area contributed by atoms with Crippen LogP contribution in [-0.4, -0.2) is 16.4 Å². The standard InChI is InChI=1S/3BrH.3H2O.Zr/h3*1H;3*1H2;. The van der Waals surface area contributed by atoms with Crippen molar-refractivity contribution in [2.24, 2.45) is 0 Å². The van der Waals surface area contributed by atoms with Crippen LogP contribution in [0.4, 0.5) is 0 Å². The third-order valence-electron chi connectivity index (χ3n) is 0. The predicted molar refractivity (Wildman–Crippen MR) is 41.8 cm³/mol. The largest absolute Gasteiger partial charge is 0.412 e. The van der Waals surface area contributed by atoms with E-state index in [1.165, 1.54) is 0 Å². The predicted octanol–water partition coefficient (Wildman–Crippen LogP) is -0.743. The van der Waals surface area contributed by atoms with Gasteiger partial charge in [0.05, 0.1) is 0 Å². The van der Waals surface area contributed by atoms with Crippen molar-refractivity contribution in [2.75, 3.05) is 0 Å². The summed E-state index contributed by atoms with van der Waals surface area (Å²) in [5, 5.41) is 0. The molecule has 0 saturated carbocycles. The topological polar surface area (TPSA) is 94.5 Å². The van der Waals surface area contributed by atoms with Crippen molar-refractivity contribution in [3.05, 3.63) is 0 Å². The van der Waals surface area contributed by atoms with E-state index in [-0.39, 0.29) is 93.6 Å². The summed E-state index contributed by atoms with van der Waals surface area (Å²) in [4.78, 5) is 0. The Hall–Kier alpha value is 2.20. The van der Waals surface area contributed by atoms with Crippen molar-refractivity contribution in [1.29, 1.82) is 0 Å². The molecule has 6 N–H and O–H groups in total. The van der Waals surface area contributed by atoms with Crippen LogP contribution in [0.1, 0.15) is 0 Å². The SMILES string of the molecule is Br.Br.Br.O.O.O.[Zr]. The minimum Gasteiger partial charge on any atom is -0.412 e. The molecule has 0 unspecified atom stereocenters. The zero-order valence-electron chi connectivity index (χ0n) is 3.22. The molecule has 0 fully saturated rings. The molecule has 0 spiro atoms. The maximum atomic E-state index is 0. The molecule has 7 heteroatoms. The summed E-state index contributed by atoms with van der Waals surface area (Å²) < 4.78 is 0. The van der Waals surface area contributed by atoms with E-state index in [1.54, 1.807) is 0 Å². The molecule has 0 amide bonds. The van der Waals surface area contributed by atoms with E-state index in [2.05, 4.69) is 0 Å². The zero-order valence-corrected chi connectivity index (χ0v) is 10.8. The van der Waals surface area contributed by atoms with Gasteiger partial charge in [-0.2, -0.15) is 0 Å². The monoisotopic (exact) mass is 384 g/mol. The molecule has 0 aliphatic carbocycles. The van der Waals surface area contributed by atoms with Gasteiger partial charge in [-0.3, -0.25) is 0 Å². The fourth-order valence-electron chi connectivity index (χ4n) is 0. The third kappa shape index (κ3) is 65.0. The van der Waals surface area contributed by atoms with E-state index >= 15 is 0 Å². The van der Waals surface area contributed by atoms with Crippen LogP contribution in [0.5, 0.6) is 0 Å². The van der Waals surface area contributed by atoms with Crippen molar-refractivity contribution in [2.45, 2.75) is 0 Å². The molecule has 0 saturated heterocycles. The molecule has 0 bridgehead atoms. The normalized spacial score (nSPS) is 0. The summed E-state index contributed by atoms with van der Waals surface area (Å²) in [5.41, 5.74) is 0. The summed E-state index contributed by atoms with van der Waals surface area (Å²) >= 11 is 0. The fourth-order valence-corrected chi connectivity index (χ4v) is 0. The van der Waals surface area contributed by atoms with Gasteiger partial charge < -0.3 is 16.4 Å². The average Bonchev–Trinajstić information content (AvgIpc) is 0. The van der Waals surface area contributed by atoms with Gasteiger partial charge in [0.2, 0.25) is 0 Å². The molecule has 0 aliphatic rings. The Morgan fingerprint density at radius 2 is 0.429 bits per heavy atom. The Balaban J connectivity index is 0. The van der Waals surface area contributed by atoms with E-state index in [9.17, 15) is 0 Å². The quantitative estimate of drug-likeness (QED) is 0.523. The van der Waals surface area contributed by atoms with Gasteiger partial charge >= 0.3 is 0 Å². The van der Waals surface area contributed by atoms with Gasteiger partial charge in [0.1, 0.15) is 0 Å².